The molecule has 0 N–H and O–H groups in total. The van der Waals surface area contributed by atoms with Crippen LogP contribution in [0.4, 0.5) is 11.5 Å². The number of hydrogen-bond donors (Lipinski definition) is 0. The van der Waals surface area contributed by atoms with E-state index in [1.54, 1.807) is 24.3 Å². The van der Waals surface area contributed by atoms with Crippen molar-refractivity contribution in [3.05, 3.63) is 68.7 Å². The minimum Gasteiger partial charge on any atom is -0.358 e. The molecule has 0 spiro atoms. The zero-order valence-electron chi connectivity index (χ0n) is 10.7. The second kappa shape index (κ2) is 5.78. The van der Waals surface area contributed by atoms with Gasteiger partial charge in [-0.05, 0) is 28.7 Å². The fourth-order valence-electron chi connectivity index (χ4n) is 1.69. The van der Waals surface area contributed by atoms with Crippen molar-refractivity contribution in [3.8, 4) is 0 Å². The number of aromatic nitrogens is 2. The van der Waals surface area contributed by atoms with E-state index in [0.717, 1.165) is 6.20 Å². The standard InChI is InChI=1S/C13H10N4O4/c1-2-15-12(14-9-13(15)17(20)21)8-5-10-3-6-11(7-4-10)16(18)19/h2-9H,1H2. The molecular weight excluding hydrogens is 276 g/mol. The van der Waals surface area contributed by atoms with E-state index in [2.05, 4.69) is 11.6 Å². The molecule has 0 saturated carbocycles. The molecule has 0 aliphatic rings. The molecule has 0 fully saturated rings. The zero-order valence-corrected chi connectivity index (χ0v) is 10.7. The molecule has 0 bridgehead atoms. The predicted octanol–water partition coefficient (Wildman–Crippen LogP) is 2.97. The summed E-state index contributed by atoms with van der Waals surface area (Å²) in [4.78, 5) is 24.2. The van der Waals surface area contributed by atoms with E-state index in [0.29, 0.717) is 11.4 Å². The van der Waals surface area contributed by atoms with Gasteiger partial charge in [0.2, 0.25) is 5.82 Å². The van der Waals surface area contributed by atoms with Gasteiger partial charge in [-0.3, -0.25) is 10.1 Å². The number of imidazole rings is 1. The Bertz CT molecular complexity index is 731. The fourth-order valence-corrected chi connectivity index (χ4v) is 1.69. The highest BCUT2D eigenvalue weighted by Gasteiger charge is 2.15. The molecule has 0 aliphatic heterocycles. The van der Waals surface area contributed by atoms with E-state index in [1.165, 1.54) is 22.9 Å². The van der Waals surface area contributed by atoms with Crippen molar-refractivity contribution in [2.45, 2.75) is 0 Å². The Morgan fingerprint density at radius 3 is 2.29 bits per heavy atom. The summed E-state index contributed by atoms with van der Waals surface area (Å²) in [6, 6.07) is 5.90. The van der Waals surface area contributed by atoms with Gasteiger partial charge in [0.05, 0.1) is 11.1 Å². The summed E-state index contributed by atoms with van der Waals surface area (Å²) < 4.78 is 1.24. The summed E-state index contributed by atoms with van der Waals surface area (Å²) in [6.45, 7) is 3.50. The average Bonchev–Trinajstić information content (AvgIpc) is 2.88. The minimum absolute atomic E-state index is 0.00428. The van der Waals surface area contributed by atoms with Crippen LogP contribution in [-0.2, 0) is 0 Å². The van der Waals surface area contributed by atoms with E-state index in [4.69, 9.17) is 0 Å². The molecule has 2 rings (SSSR count). The van der Waals surface area contributed by atoms with Crippen LogP contribution >= 0.6 is 0 Å². The Kier molecular flexibility index (Phi) is 3.89. The second-order valence-electron chi connectivity index (χ2n) is 3.97. The van der Waals surface area contributed by atoms with Gasteiger partial charge in [-0.2, -0.15) is 4.57 Å². The van der Waals surface area contributed by atoms with E-state index in [-0.39, 0.29) is 11.5 Å². The maximum absolute atomic E-state index is 10.8. The van der Waals surface area contributed by atoms with Crippen LogP contribution in [0, 0.1) is 20.2 Å². The smallest absolute Gasteiger partial charge is 0.347 e. The molecule has 0 saturated heterocycles. The van der Waals surface area contributed by atoms with E-state index in [1.807, 2.05) is 0 Å². The Morgan fingerprint density at radius 2 is 1.76 bits per heavy atom. The van der Waals surface area contributed by atoms with Crippen LogP contribution in [0.15, 0.2) is 37.0 Å². The Hall–Kier alpha value is -3.29. The van der Waals surface area contributed by atoms with Gasteiger partial charge in [-0.25, -0.2) is 4.98 Å². The van der Waals surface area contributed by atoms with Crippen LogP contribution in [0.3, 0.4) is 0 Å². The zero-order chi connectivity index (χ0) is 15.4. The van der Waals surface area contributed by atoms with Crippen molar-refractivity contribution in [1.82, 2.24) is 9.55 Å². The molecule has 0 unspecified atom stereocenters. The lowest BCUT2D eigenvalue weighted by Gasteiger charge is -1.95. The molecule has 1 aromatic heterocycles. The maximum Gasteiger partial charge on any atom is 0.347 e. The van der Waals surface area contributed by atoms with Gasteiger partial charge in [-0.1, -0.05) is 6.58 Å². The molecule has 2 aromatic rings. The molecule has 21 heavy (non-hydrogen) atoms. The van der Waals surface area contributed by atoms with Crippen molar-refractivity contribution in [3.63, 3.8) is 0 Å². The fraction of sp³-hybridized carbons (Fsp3) is 0. The highest BCUT2D eigenvalue weighted by Crippen LogP contribution is 2.17. The number of nitrogens with zero attached hydrogens (tertiary/aromatic N) is 4. The molecule has 1 aromatic carbocycles. The third-order valence-corrected chi connectivity index (χ3v) is 2.70. The third kappa shape index (κ3) is 3.00. The molecule has 0 radical (unpaired) electrons. The first-order valence-electron chi connectivity index (χ1n) is 5.79. The summed E-state index contributed by atoms with van der Waals surface area (Å²) in [6.07, 6.45) is 5.64. The molecule has 1 heterocycles. The first kappa shape index (κ1) is 14.1. The van der Waals surface area contributed by atoms with Gasteiger partial charge in [0.15, 0.2) is 0 Å². The van der Waals surface area contributed by atoms with Crippen molar-refractivity contribution < 1.29 is 9.85 Å². The van der Waals surface area contributed by atoms with Crippen molar-refractivity contribution in [2.24, 2.45) is 0 Å². The number of non-ortho nitro benzene ring substituents is 1. The molecule has 106 valence electrons. The molecule has 0 aliphatic carbocycles. The largest absolute Gasteiger partial charge is 0.358 e. The van der Waals surface area contributed by atoms with E-state index < -0.39 is 9.85 Å². The molecule has 0 amide bonds. The van der Waals surface area contributed by atoms with Gasteiger partial charge >= 0.3 is 5.82 Å². The van der Waals surface area contributed by atoms with Crippen molar-refractivity contribution in [2.75, 3.05) is 0 Å². The van der Waals surface area contributed by atoms with E-state index in [9.17, 15) is 20.2 Å². The number of benzene rings is 1. The van der Waals surface area contributed by atoms with Gasteiger partial charge in [0.1, 0.15) is 6.20 Å². The lowest BCUT2D eigenvalue weighted by molar-refractivity contribution is -0.390. The number of nitro groups is 2. The number of hydrogen-bond acceptors (Lipinski definition) is 5. The van der Waals surface area contributed by atoms with Crippen molar-refractivity contribution in [1.29, 1.82) is 0 Å². The predicted molar refractivity (Wildman–Crippen MR) is 77.3 cm³/mol. The van der Waals surface area contributed by atoms with Crippen LogP contribution in [-0.4, -0.2) is 19.4 Å². The summed E-state index contributed by atoms with van der Waals surface area (Å²) >= 11 is 0. The highest BCUT2D eigenvalue weighted by atomic mass is 16.6. The maximum atomic E-state index is 10.8. The number of nitro benzene ring substituents is 1. The van der Waals surface area contributed by atoms with Crippen LogP contribution in [0.1, 0.15) is 11.4 Å². The Labute approximate surface area is 119 Å². The summed E-state index contributed by atoms with van der Waals surface area (Å²) in [5.74, 6) is 0.156. The van der Waals surface area contributed by atoms with Gasteiger partial charge in [0, 0.05) is 18.2 Å². The van der Waals surface area contributed by atoms with Crippen LogP contribution in [0.2, 0.25) is 0 Å². The first-order chi connectivity index (χ1) is 10.0. The second-order valence-corrected chi connectivity index (χ2v) is 3.97. The van der Waals surface area contributed by atoms with Gasteiger partial charge in [-0.15, -0.1) is 0 Å². The SMILES string of the molecule is C=Cn1c([N+](=O)[O-])cnc1C=Cc1ccc([N+](=O)[O-])cc1. The van der Waals surface area contributed by atoms with Crippen LogP contribution in [0.5, 0.6) is 0 Å². The molecule has 0 atom stereocenters. The normalized spacial score (nSPS) is 10.7. The van der Waals surface area contributed by atoms with Crippen LogP contribution < -0.4 is 0 Å². The first-order valence-corrected chi connectivity index (χ1v) is 5.79. The third-order valence-electron chi connectivity index (χ3n) is 2.70. The van der Waals surface area contributed by atoms with Gasteiger partial charge < -0.3 is 10.1 Å². The minimum atomic E-state index is -0.558. The molecule has 8 heteroatoms. The topological polar surface area (TPSA) is 104 Å². The average molecular weight is 286 g/mol. The lowest BCUT2D eigenvalue weighted by atomic mass is 10.2. The molecule has 8 nitrogen and oxygen atoms in total. The Balaban J connectivity index is 2.27. The van der Waals surface area contributed by atoms with E-state index >= 15 is 0 Å². The molecular formula is C13H10N4O4. The summed E-state index contributed by atoms with van der Waals surface area (Å²) in [7, 11) is 0. The summed E-state index contributed by atoms with van der Waals surface area (Å²) in [5, 5.41) is 21.3. The Morgan fingerprint density at radius 1 is 1.10 bits per heavy atom. The van der Waals surface area contributed by atoms with Gasteiger partial charge in [0.25, 0.3) is 5.69 Å². The lowest BCUT2D eigenvalue weighted by Crippen LogP contribution is -1.97. The monoisotopic (exact) mass is 286 g/mol. The quantitative estimate of drug-likeness (QED) is 0.620. The highest BCUT2D eigenvalue weighted by molar-refractivity contribution is 5.68. The van der Waals surface area contributed by atoms with Crippen LogP contribution in [0.25, 0.3) is 18.4 Å². The van der Waals surface area contributed by atoms with Crippen molar-refractivity contribution >= 4 is 29.9 Å². The summed E-state index contributed by atoms with van der Waals surface area (Å²) in [5.41, 5.74) is 0.706. The number of rotatable bonds is 5.